The van der Waals surface area contributed by atoms with Crippen LogP contribution in [-0.4, -0.2) is 51.6 Å². The van der Waals surface area contributed by atoms with Gasteiger partial charge >= 0.3 is 24.8 Å². The van der Waals surface area contributed by atoms with Gasteiger partial charge in [0.2, 0.25) is 0 Å². The van der Waals surface area contributed by atoms with E-state index in [1.165, 1.54) is 57.7 Å². The van der Waals surface area contributed by atoms with Gasteiger partial charge in [-0.25, -0.2) is 0 Å². The number of methoxy groups -OCH3 is 3. The van der Waals surface area contributed by atoms with Gasteiger partial charge in [-0.05, 0) is 0 Å². The summed E-state index contributed by atoms with van der Waals surface area (Å²) < 4.78 is 56.7. The van der Waals surface area contributed by atoms with Crippen LogP contribution in [0.15, 0.2) is 42.5 Å². The second-order valence-corrected chi connectivity index (χ2v) is 6.89. The molecule has 26 heavy (non-hydrogen) atoms. The molecule has 9 heteroatoms. The van der Waals surface area contributed by atoms with Crippen LogP contribution in [0.1, 0.15) is 10.4 Å². The van der Waals surface area contributed by atoms with Crippen LogP contribution in [0.25, 0.3) is 0 Å². The molecule has 136 valence electrons. The number of carbonyl (C=O) groups is 1. The number of halogens is 3. The summed E-state index contributed by atoms with van der Waals surface area (Å²) in [6.45, 7) is 0. The van der Waals surface area contributed by atoms with E-state index in [4.69, 9.17) is 14.2 Å². The van der Waals surface area contributed by atoms with Crippen LogP contribution in [0.2, 0.25) is 0 Å². The van der Waals surface area contributed by atoms with Crippen molar-refractivity contribution in [3.63, 3.8) is 0 Å². The van der Waals surface area contributed by atoms with Gasteiger partial charge in [-0.1, -0.05) is 30.3 Å². The van der Waals surface area contributed by atoms with Gasteiger partial charge < -0.3 is 14.2 Å². The molecule has 2 aromatic carbocycles. The molecule has 2 rings (SSSR count). The van der Waals surface area contributed by atoms with Crippen LogP contribution < -0.4 is 19.5 Å². The fourth-order valence-corrected chi connectivity index (χ4v) is 4.11. The Balaban J connectivity index is 0.00000338. The molecular weight excluding hydrogens is 363 g/mol. The molecule has 0 spiro atoms. The third-order valence-corrected chi connectivity index (χ3v) is 5.45. The number of benzene rings is 2. The van der Waals surface area contributed by atoms with Crippen molar-refractivity contribution in [3.8, 4) is 17.2 Å². The van der Waals surface area contributed by atoms with Crippen molar-refractivity contribution in [1.29, 1.82) is 0 Å². The van der Waals surface area contributed by atoms with E-state index in [2.05, 4.69) is 0 Å². The minimum atomic E-state index is -4.77. The molecule has 1 atom stereocenters. The third-order valence-electron chi connectivity index (χ3n) is 3.39. The minimum absolute atomic E-state index is 0. The van der Waals surface area contributed by atoms with E-state index in [9.17, 15) is 18.0 Å². The standard InChI is InChI=1S/C17H16F3O4P.Li.H/c1-22-12-9-13(23-2)15(14(10-12)24-3)25(17(18,19)20)16(21)11-7-5-4-6-8-11;;/h4-10H,1-3H3;;. The van der Waals surface area contributed by atoms with Gasteiger partial charge in [0.15, 0.2) is 5.52 Å². The van der Waals surface area contributed by atoms with Gasteiger partial charge in [-0.2, -0.15) is 13.2 Å². The van der Waals surface area contributed by atoms with Crippen LogP contribution in [0, 0.1) is 0 Å². The fraction of sp³-hybridized carbons (Fsp3) is 0.235. The first-order valence-electron chi connectivity index (χ1n) is 7.09. The summed E-state index contributed by atoms with van der Waals surface area (Å²) in [6, 6.07) is 9.96. The molecule has 0 saturated heterocycles. The zero-order valence-corrected chi connectivity index (χ0v) is 14.6. The first kappa shape index (κ1) is 22.4. The quantitative estimate of drug-likeness (QED) is 0.568. The van der Waals surface area contributed by atoms with Crippen LogP contribution in [0.4, 0.5) is 13.2 Å². The molecule has 0 fully saturated rings. The number of rotatable bonds is 6. The number of hydrogen-bond donors (Lipinski definition) is 0. The Kier molecular flexibility index (Phi) is 8.02. The van der Waals surface area contributed by atoms with Crippen LogP contribution in [0.5, 0.6) is 17.2 Å². The maximum absolute atomic E-state index is 13.8. The topological polar surface area (TPSA) is 44.8 Å². The monoisotopic (exact) mass is 380 g/mol. The zero-order valence-electron chi connectivity index (χ0n) is 13.8. The van der Waals surface area contributed by atoms with Gasteiger partial charge in [0, 0.05) is 17.7 Å². The Bertz CT molecular complexity index is 728. The maximum atomic E-state index is 13.8. The van der Waals surface area contributed by atoms with Gasteiger partial charge in [-0.3, -0.25) is 4.79 Å². The van der Waals surface area contributed by atoms with Crippen LogP contribution >= 0.6 is 7.92 Å². The Labute approximate surface area is 162 Å². The molecule has 0 radical (unpaired) electrons. The molecule has 0 N–H and O–H groups in total. The van der Waals surface area contributed by atoms with E-state index < -0.39 is 19.4 Å². The van der Waals surface area contributed by atoms with E-state index in [1.54, 1.807) is 6.07 Å². The summed E-state index contributed by atoms with van der Waals surface area (Å²) >= 11 is 0. The zero-order chi connectivity index (χ0) is 18.6. The molecule has 0 aromatic heterocycles. The average molecular weight is 380 g/mol. The van der Waals surface area contributed by atoms with Crippen molar-refractivity contribution < 1.29 is 32.2 Å². The molecular formula is C17H17F3LiO4P. The Morgan fingerprint density at radius 1 is 0.923 bits per heavy atom. The number of ether oxygens (including phenoxy) is 3. The Hall–Kier alpha value is -1.67. The van der Waals surface area contributed by atoms with Gasteiger partial charge in [0.1, 0.15) is 25.2 Å². The predicted molar refractivity (Wildman–Crippen MR) is 96.6 cm³/mol. The molecule has 2 aromatic rings. The van der Waals surface area contributed by atoms with Gasteiger partial charge in [-0.15, -0.1) is 0 Å². The SMILES string of the molecule is COc1cc(OC)c(P(C(=O)c2ccccc2)C(F)(F)F)c(OC)c1.[LiH]. The van der Waals surface area contributed by atoms with E-state index in [0.29, 0.717) is 0 Å². The second-order valence-electron chi connectivity index (χ2n) is 4.85. The van der Waals surface area contributed by atoms with E-state index in [-0.39, 0.29) is 47.0 Å². The van der Waals surface area contributed by atoms with Crippen molar-refractivity contribution in [1.82, 2.24) is 0 Å². The summed E-state index contributed by atoms with van der Waals surface area (Å²) in [4.78, 5) is 12.6. The molecule has 0 heterocycles. The fourth-order valence-electron chi connectivity index (χ4n) is 2.26. The molecule has 4 nitrogen and oxygen atoms in total. The third kappa shape index (κ3) is 4.73. The molecule has 0 aliphatic heterocycles. The molecule has 1 unspecified atom stereocenters. The summed E-state index contributed by atoms with van der Waals surface area (Å²) in [5.41, 5.74) is -1.05. The van der Waals surface area contributed by atoms with Crippen molar-refractivity contribution in [2.24, 2.45) is 0 Å². The van der Waals surface area contributed by atoms with E-state index in [0.717, 1.165) is 0 Å². The van der Waals surface area contributed by atoms with Crippen molar-refractivity contribution in [2.75, 3.05) is 21.3 Å². The molecule has 0 bridgehead atoms. The summed E-state index contributed by atoms with van der Waals surface area (Å²) in [5.74, 6) is -4.72. The van der Waals surface area contributed by atoms with Crippen LogP contribution in [-0.2, 0) is 0 Å². The van der Waals surface area contributed by atoms with Crippen molar-refractivity contribution in [3.05, 3.63) is 48.0 Å². The second kappa shape index (κ2) is 9.32. The van der Waals surface area contributed by atoms with E-state index >= 15 is 0 Å². The Morgan fingerprint density at radius 2 is 1.42 bits per heavy atom. The predicted octanol–water partition coefficient (Wildman–Crippen LogP) is 3.53. The summed E-state index contributed by atoms with van der Waals surface area (Å²) in [5, 5.41) is -0.317. The summed E-state index contributed by atoms with van der Waals surface area (Å²) in [6.07, 6.45) is 0. The molecule has 0 aliphatic carbocycles. The number of alkyl halides is 3. The molecule has 0 amide bonds. The van der Waals surface area contributed by atoms with E-state index in [1.807, 2.05) is 0 Å². The summed E-state index contributed by atoms with van der Waals surface area (Å²) in [7, 11) is 0.583. The van der Waals surface area contributed by atoms with Crippen molar-refractivity contribution in [2.45, 2.75) is 5.92 Å². The van der Waals surface area contributed by atoms with Crippen LogP contribution in [0.3, 0.4) is 0 Å². The molecule has 0 saturated carbocycles. The number of hydrogen-bond acceptors (Lipinski definition) is 4. The first-order chi connectivity index (χ1) is 11.8. The normalized spacial score (nSPS) is 11.9. The van der Waals surface area contributed by atoms with Crippen molar-refractivity contribution >= 4 is 37.6 Å². The first-order valence-corrected chi connectivity index (χ1v) is 8.44. The van der Waals surface area contributed by atoms with Gasteiger partial charge in [0.05, 0.1) is 26.6 Å². The Morgan fingerprint density at radius 3 is 1.81 bits per heavy atom. The number of carbonyl (C=O) groups excluding carboxylic acids is 1. The average Bonchev–Trinajstić information content (AvgIpc) is 2.61. The molecule has 0 aliphatic rings. The van der Waals surface area contributed by atoms with Gasteiger partial charge in [0.25, 0.3) is 0 Å².